The molecule has 2 N–H and O–H groups in total. The fourth-order valence-electron chi connectivity index (χ4n) is 0.849. The third kappa shape index (κ3) is 1.95. The van der Waals surface area contributed by atoms with Crippen molar-refractivity contribution in [1.82, 2.24) is 0 Å². The first kappa shape index (κ1) is 8.52. The van der Waals surface area contributed by atoms with Gasteiger partial charge in [-0.1, -0.05) is 6.07 Å². The molecular formula is C8H7FO3. The van der Waals surface area contributed by atoms with E-state index in [1.54, 1.807) is 0 Å². The van der Waals surface area contributed by atoms with Crippen LogP contribution in [0.5, 0.6) is 5.75 Å². The van der Waals surface area contributed by atoms with Crippen molar-refractivity contribution in [1.29, 1.82) is 0 Å². The molecule has 3 nitrogen and oxygen atoms in total. The van der Waals surface area contributed by atoms with Crippen LogP contribution < -0.4 is 0 Å². The number of rotatable bonds is 2. The van der Waals surface area contributed by atoms with Crippen molar-refractivity contribution in [2.75, 3.05) is 0 Å². The fourth-order valence-corrected chi connectivity index (χ4v) is 0.849. The monoisotopic (exact) mass is 170 g/mol. The molecule has 4 heteroatoms. The number of carboxylic acids is 1. The minimum absolute atomic E-state index is 0.212. The minimum Gasteiger partial charge on any atom is -0.508 e. The first-order valence-corrected chi connectivity index (χ1v) is 3.29. The summed E-state index contributed by atoms with van der Waals surface area (Å²) in [5.74, 6) is -1.96. The number of phenols is 1. The molecule has 0 aliphatic rings. The summed E-state index contributed by atoms with van der Waals surface area (Å²) < 4.78 is 12.4. The van der Waals surface area contributed by atoms with Crippen LogP contribution in [0.2, 0.25) is 0 Å². The Morgan fingerprint density at radius 3 is 2.67 bits per heavy atom. The first-order chi connectivity index (χ1) is 5.59. The smallest absolute Gasteiger partial charge is 0.307 e. The number of halogens is 1. The van der Waals surface area contributed by atoms with E-state index >= 15 is 0 Å². The van der Waals surface area contributed by atoms with Gasteiger partial charge in [0.2, 0.25) is 0 Å². The third-order valence-electron chi connectivity index (χ3n) is 1.39. The molecule has 0 unspecified atom stereocenters. The number of phenolic OH excluding ortho intramolecular Hbond substituents is 1. The number of aromatic hydroxyl groups is 1. The fraction of sp³-hybridized carbons (Fsp3) is 0.125. The molecule has 0 saturated carbocycles. The van der Waals surface area contributed by atoms with Crippen LogP contribution in [-0.4, -0.2) is 16.2 Å². The molecule has 1 aromatic rings. The van der Waals surface area contributed by atoms with Crippen LogP contribution in [0.15, 0.2) is 18.2 Å². The maximum Gasteiger partial charge on any atom is 0.307 e. The van der Waals surface area contributed by atoms with Crippen LogP contribution in [0, 0.1) is 5.82 Å². The molecule has 64 valence electrons. The molecule has 1 aromatic carbocycles. The molecule has 0 aliphatic heterocycles. The quantitative estimate of drug-likeness (QED) is 0.700. The zero-order valence-corrected chi connectivity index (χ0v) is 6.12. The summed E-state index contributed by atoms with van der Waals surface area (Å²) in [4.78, 5) is 10.2. The average Bonchev–Trinajstić information content (AvgIpc) is 1.94. The van der Waals surface area contributed by atoms with Gasteiger partial charge in [-0.2, -0.15) is 0 Å². The van der Waals surface area contributed by atoms with E-state index in [2.05, 4.69) is 0 Å². The van der Waals surface area contributed by atoms with Gasteiger partial charge in [-0.25, -0.2) is 4.39 Å². The third-order valence-corrected chi connectivity index (χ3v) is 1.39. The Balaban J connectivity index is 2.93. The van der Waals surface area contributed by atoms with Crippen molar-refractivity contribution in [3.63, 3.8) is 0 Å². The van der Waals surface area contributed by atoms with E-state index in [0.29, 0.717) is 0 Å². The van der Waals surface area contributed by atoms with E-state index in [-0.39, 0.29) is 17.7 Å². The van der Waals surface area contributed by atoms with Gasteiger partial charge in [0.1, 0.15) is 11.6 Å². The highest BCUT2D eigenvalue weighted by molar-refractivity contribution is 5.71. The number of hydrogen-bond donors (Lipinski definition) is 2. The lowest BCUT2D eigenvalue weighted by Crippen LogP contribution is -2.00. The highest BCUT2D eigenvalue weighted by Gasteiger charge is 2.06. The van der Waals surface area contributed by atoms with E-state index in [4.69, 9.17) is 10.2 Å². The van der Waals surface area contributed by atoms with E-state index in [1.807, 2.05) is 0 Å². The zero-order chi connectivity index (χ0) is 9.14. The lowest BCUT2D eigenvalue weighted by Gasteiger charge is -1.99. The predicted molar refractivity (Wildman–Crippen MR) is 39.4 cm³/mol. The van der Waals surface area contributed by atoms with Crippen molar-refractivity contribution < 1.29 is 19.4 Å². The van der Waals surface area contributed by atoms with Crippen molar-refractivity contribution in [3.05, 3.63) is 29.6 Å². The Morgan fingerprint density at radius 1 is 1.50 bits per heavy atom. The molecule has 0 atom stereocenters. The summed E-state index contributed by atoms with van der Waals surface area (Å²) in [6.07, 6.45) is -0.299. The molecule has 1 rings (SSSR count). The van der Waals surface area contributed by atoms with Crippen LogP contribution in [0.4, 0.5) is 4.39 Å². The summed E-state index contributed by atoms with van der Waals surface area (Å²) in [7, 11) is 0. The molecule has 0 saturated heterocycles. The predicted octanol–water partition coefficient (Wildman–Crippen LogP) is 1.16. The largest absolute Gasteiger partial charge is 0.508 e. The van der Waals surface area contributed by atoms with Gasteiger partial charge in [-0.15, -0.1) is 0 Å². The Morgan fingerprint density at radius 2 is 2.17 bits per heavy atom. The number of aliphatic carboxylic acids is 1. The standard InChI is InChI=1S/C8H7FO3/c9-6-2-1-5(3-8(11)12)7(10)4-6/h1-2,4,10H,3H2,(H,11,12). The van der Waals surface area contributed by atoms with Gasteiger partial charge < -0.3 is 10.2 Å². The Hall–Kier alpha value is -1.58. The second-order valence-corrected chi connectivity index (χ2v) is 2.34. The maximum atomic E-state index is 12.4. The van der Waals surface area contributed by atoms with Crippen LogP contribution in [0.1, 0.15) is 5.56 Å². The molecule has 0 bridgehead atoms. The highest BCUT2D eigenvalue weighted by Crippen LogP contribution is 2.18. The maximum absolute atomic E-state index is 12.4. The van der Waals surface area contributed by atoms with E-state index < -0.39 is 11.8 Å². The lowest BCUT2D eigenvalue weighted by molar-refractivity contribution is -0.136. The van der Waals surface area contributed by atoms with Crippen molar-refractivity contribution in [2.45, 2.75) is 6.42 Å². The molecule has 0 fully saturated rings. The molecule has 0 aliphatic carbocycles. The van der Waals surface area contributed by atoms with Gasteiger partial charge in [0.15, 0.2) is 0 Å². The van der Waals surface area contributed by atoms with E-state index in [0.717, 1.165) is 12.1 Å². The van der Waals surface area contributed by atoms with Crippen LogP contribution in [-0.2, 0) is 11.2 Å². The van der Waals surface area contributed by atoms with Gasteiger partial charge in [0, 0.05) is 11.6 Å². The van der Waals surface area contributed by atoms with Gasteiger partial charge in [-0.3, -0.25) is 4.79 Å². The molecular weight excluding hydrogens is 163 g/mol. The van der Waals surface area contributed by atoms with Crippen LogP contribution in [0.3, 0.4) is 0 Å². The summed E-state index contributed by atoms with van der Waals surface area (Å²) in [6.45, 7) is 0. The van der Waals surface area contributed by atoms with Crippen molar-refractivity contribution >= 4 is 5.97 Å². The second kappa shape index (κ2) is 3.21. The van der Waals surface area contributed by atoms with Gasteiger partial charge in [0.05, 0.1) is 6.42 Å². The summed E-state index contributed by atoms with van der Waals surface area (Å²) in [5.41, 5.74) is 0.212. The molecule has 0 aromatic heterocycles. The normalized spacial score (nSPS) is 9.75. The number of carbonyl (C=O) groups is 1. The van der Waals surface area contributed by atoms with Crippen LogP contribution in [0.25, 0.3) is 0 Å². The lowest BCUT2D eigenvalue weighted by atomic mass is 10.1. The molecule has 0 spiro atoms. The second-order valence-electron chi connectivity index (χ2n) is 2.34. The Bertz CT molecular complexity index is 309. The van der Waals surface area contributed by atoms with Gasteiger partial charge in [-0.05, 0) is 6.07 Å². The SMILES string of the molecule is O=C(O)Cc1ccc(F)cc1O. The number of benzene rings is 1. The van der Waals surface area contributed by atoms with Gasteiger partial charge in [0.25, 0.3) is 0 Å². The summed E-state index contributed by atoms with van der Waals surface area (Å²) in [6, 6.07) is 3.25. The summed E-state index contributed by atoms with van der Waals surface area (Å²) >= 11 is 0. The van der Waals surface area contributed by atoms with E-state index in [9.17, 15) is 9.18 Å². The molecule has 0 heterocycles. The number of carboxylic acid groups (broad SMARTS) is 1. The van der Waals surface area contributed by atoms with Crippen LogP contribution >= 0.6 is 0 Å². The van der Waals surface area contributed by atoms with E-state index in [1.165, 1.54) is 6.07 Å². The summed E-state index contributed by atoms with van der Waals surface area (Å²) in [5, 5.41) is 17.4. The molecule has 0 radical (unpaired) electrons. The first-order valence-electron chi connectivity index (χ1n) is 3.29. The van der Waals surface area contributed by atoms with Crippen molar-refractivity contribution in [2.24, 2.45) is 0 Å². The molecule has 12 heavy (non-hydrogen) atoms. The molecule has 0 amide bonds. The Labute approximate surface area is 68.1 Å². The number of hydrogen-bond acceptors (Lipinski definition) is 2. The van der Waals surface area contributed by atoms with Gasteiger partial charge >= 0.3 is 5.97 Å². The topological polar surface area (TPSA) is 57.5 Å². The average molecular weight is 170 g/mol. The van der Waals surface area contributed by atoms with Crippen molar-refractivity contribution in [3.8, 4) is 5.75 Å². The Kier molecular flexibility index (Phi) is 2.28. The highest BCUT2D eigenvalue weighted by atomic mass is 19.1. The minimum atomic E-state index is -1.06. The zero-order valence-electron chi connectivity index (χ0n) is 6.12.